The fourth-order valence-electron chi connectivity index (χ4n) is 4.20. The number of nitrogens with one attached hydrogen (secondary N) is 2. The molecule has 1 fully saturated rings. The first-order chi connectivity index (χ1) is 15.3. The van der Waals surface area contributed by atoms with Crippen LogP contribution in [0.4, 0.5) is 4.79 Å². The van der Waals surface area contributed by atoms with Crippen molar-refractivity contribution in [3.05, 3.63) is 59.7 Å². The molecule has 2 aliphatic rings. The largest absolute Gasteiger partial charge is 0.480 e. The summed E-state index contributed by atoms with van der Waals surface area (Å²) in [5, 5.41) is 14.7. The SMILES string of the molecule is CCC(C)(NC(=O)C1(CNC(=O)OCC2c3ccccc3-c3ccccc32)CC1)C(=O)O. The van der Waals surface area contributed by atoms with Crippen LogP contribution in [-0.4, -0.2) is 41.8 Å². The number of carboxylic acids is 1. The Morgan fingerprint density at radius 2 is 1.62 bits per heavy atom. The highest BCUT2D eigenvalue weighted by Crippen LogP contribution is 2.46. The molecule has 1 saturated carbocycles. The zero-order valence-corrected chi connectivity index (χ0v) is 18.3. The Hall–Kier alpha value is -3.35. The van der Waals surface area contributed by atoms with Gasteiger partial charge in [-0.25, -0.2) is 9.59 Å². The highest BCUT2D eigenvalue weighted by atomic mass is 16.5. The number of alkyl carbamates (subject to hydrolysis) is 1. The molecule has 0 heterocycles. The lowest BCUT2D eigenvalue weighted by molar-refractivity contribution is -0.148. The number of fused-ring (bicyclic) bond motifs is 3. The zero-order chi connectivity index (χ0) is 22.9. The van der Waals surface area contributed by atoms with E-state index in [1.165, 1.54) is 6.92 Å². The van der Waals surface area contributed by atoms with Crippen LogP contribution >= 0.6 is 0 Å². The summed E-state index contributed by atoms with van der Waals surface area (Å²) in [5.41, 5.74) is 2.49. The summed E-state index contributed by atoms with van der Waals surface area (Å²) >= 11 is 0. The number of hydrogen-bond acceptors (Lipinski definition) is 4. The van der Waals surface area contributed by atoms with Crippen molar-refractivity contribution in [1.82, 2.24) is 10.6 Å². The molecule has 2 aromatic rings. The third-order valence-electron chi connectivity index (χ3n) is 6.82. The maximum Gasteiger partial charge on any atom is 0.407 e. The number of benzene rings is 2. The van der Waals surface area contributed by atoms with Crippen LogP contribution in [0.1, 0.15) is 50.2 Å². The number of hydrogen-bond donors (Lipinski definition) is 3. The van der Waals surface area contributed by atoms with Crippen molar-refractivity contribution in [1.29, 1.82) is 0 Å². The second kappa shape index (κ2) is 8.30. The lowest BCUT2D eigenvalue weighted by Crippen LogP contribution is -2.55. The summed E-state index contributed by atoms with van der Waals surface area (Å²) in [7, 11) is 0. The van der Waals surface area contributed by atoms with Gasteiger partial charge in [0.15, 0.2) is 0 Å². The van der Waals surface area contributed by atoms with Crippen LogP contribution in [0.25, 0.3) is 11.1 Å². The molecule has 0 aliphatic heterocycles. The van der Waals surface area contributed by atoms with Gasteiger partial charge in [-0.2, -0.15) is 0 Å². The second-order valence-electron chi connectivity index (χ2n) is 8.90. The number of carbonyl (C=O) groups excluding carboxylic acids is 2. The van der Waals surface area contributed by atoms with Gasteiger partial charge in [0.2, 0.25) is 5.91 Å². The maximum absolute atomic E-state index is 12.7. The van der Waals surface area contributed by atoms with Gasteiger partial charge in [0.25, 0.3) is 0 Å². The van der Waals surface area contributed by atoms with E-state index in [0.717, 1.165) is 22.3 Å². The van der Waals surface area contributed by atoms with E-state index >= 15 is 0 Å². The van der Waals surface area contributed by atoms with Crippen LogP contribution in [0.2, 0.25) is 0 Å². The van der Waals surface area contributed by atoms with E-state index in [1.54, 1.807) is 6.92 Å². The Kier molecular flexibility index (Phi) is 5.67. The first kappa shape index (κ1) is 21.9. The van der Waals surface area contributed by atoms with E-state index in [1.807, 2.05) is 24.3 Å². The third-order valence-corrected chi connectivity index (χ3v) is 6.82. The minimum Gasteiger partial charge on any atom is -0.480 e. The molecule has 0 aromatic heterocycles. The van der Waals surface area contributed by atoms with Crippen LogP contribution in [0, 0.1) is 5.41 Å². The molecule has 7 heteroatoms. The zero-order valence-electron chi connectivity index (χ0n) is 18.3. The molecule has 7 nitrogen and oxygen atoms in total. The molecule has 2 amide bonds. The predicted molar refractivity (Wildman–Crippen MR) is 119 cm³/mol. The van der Waals surface area contributed by atoms with E-state index in [4.69, 9.17) is 4.74 Å². The Bertz CT molecular complexity index is 1020. The van der Waals surface area contributed by atoms with E-state index in [2.05, 4.69) is 34.9 Å². The highest BCUT2D eigenvalue weighted by Gasteiger charge is 2.52. The monoisotopic (exact) mass is 436 g/mol. The topological polar surface area (TPSA) is 105 Å². The molecule has 32 heavy (non-hydrogen) atoms. The molecule has 1 unspecified atom stereocenters. The minimum atomic E-state index is -1.32. The molecule has 2 aromatic carbocycles. The first-order valence-electron chi connectivity index (χ1n) is 10.9. The van der Waals surface area contributed by atoms with Gasteiger partial charge < -0.3 is 20.5 Å². The Morgan fingerprint density at radius 3 is 2.12 bits per heavy atom. The Balaban J connectivity index is 1.34. The van der Waals surface area contributed by atoms with Crippen LogP contribution in [0.3, 0.4) is 0 Å². The lowest BCUT2D eigenvalue weighted by Gasteiger charge is -2.27. The smallest absolute Gasteiger partial charge is 0.407 e. The number of carboxylic acid groups (broad SMARTS) is 1. The van der Waals surface area contributed by atoms with Gasteiger partial charge in [0.1, 0.15) is 12.1 Å². The third kappa shape index (κ3) is 3.95. The van der Waals surface area contributed by atoms with Crippen molar-refractivity contribution in [2.24, 2.45) is 5.41 Å². The van der Waals surface area contributed by atoms with Gasteiger partial charge in [0, 0.05) is 12.5 Å². The van der Waals surface area contributed by atoms with Crippen molar-refractivity contribution >= 4 is 18.0 Å². The average Bonchev–Trinajstić information content (AvgIpc) is 3.53. The fraction of sp³-hybridized carbons (Fsp3) is 0.400. The molecule has 1 atom stereocenters. The molecule has 0 radical (unpaired) electrons. The number of carbonyl (C=O) groups is 3. The van der Waals surface area contributed by atoms with Crippen LogP contribution in [0.5, 0.6) is 0 Å². The van der Waals surface area contributed by atoms with Gasteiger partial charge in [-0.3, -0.25) is 4.79 Å². The average molecular weight is 437 g/mol. The van der Waals surface area contributed by atoms with Crippen molar-refractivity contribution in [3.8, 4) is 11.1 Å². The number of amides is 2. The molecule has 0 saturated heterocycles. The van der Waals surface area contributed by atoms with E-state index in [9.17, 15) is 19.5 Å². The molecule has 168 valence electrons. The van der Waals surface area contributed by atoms with Crippen LogP contribution in [-0.2, 0) is 14.3 Å². The van der Waals surface area contributed by atoms with Crippen LogP contribution < -0.4 is 10.6 Å². The van der Waals surface area contributed by atoms with Gasteiger partial charge in [0.05, 0.1) is 5.41 Å². The van der Waals surface area contributed by atoms with Gasteiger partial charge in [-0.05, 0) is 48.4 Å². The fourth-order valence-corrected chi connectivity index (χ4v) is 4.20. The van der Waals surface area contributed by atoms with Gasteiger partial charge >= 0.3 is 12.1 Å². The first-order valence-corrected chi connectivity index (χ1v) is 10.9. The van der Waals surface area contributed by atoms with Gasteiger partial charge in [-0.15, -0.1) is 0 Å². The summed E-state index contributed by atoms with van der Waals surface area (Å²) < 4.78 is 5.53. The highest BCUT2D eigenvalue weighted by molar-refractivity contribution is 5.91. The van der Waals surface area contributed by atoms with Crippen molar-refractivity contribution in [2.75, 3.05) is 13.2 Å². The van der Waals surface area contributed by atoms with Crippen molar-refractivity contribution < 1.29 is 24.2 Å². The maximum atomic E-state index is 12.7. The summed E-state index contributed by atoms with van der Waals surface area (Å²) in [6, 6.07) is 16.2. The Morgan fingerprint density at radius 1 is 1.06 bits per heavy atom. The van der Waals surface area contributed by atoms with E-state index in [-0.39, 0.29) is 31.4 Å². The van der Waals surface area contributed by atoms with Crippen LogP contribution in [0.15, 0.2) is 48.5 Å². The number of ether oxygens (including phenoxy) is 1. The van der Waals surface area contributed by atoms with Crippen molar-refractivity contribution in [3.63, 3.8) is 0 Å². The summed E-state index contributed by atoms with van der Waals surface area (Å²) in [4.78, 5) is 36.6. The predicted octanol–water partition coefficient (Wildman–Crippen LogP) is 3.67. The molecule has 4 rings (SSSR count). The van der Waals surface area contributed by atoms with Gasteiger partial charge in [-0.1, -0.05) is 55.5 Å². The normalized spacial score (nSPS) is 17.4. The minimum absolute atomic E-state index is 0.0350. The standard InChI is InChI=1S/C25H28N2O5/c1-3-24(2,22(29)30)27-21(28)25(12-13-25)15-26-23(31)32-14-20-18-10-6-4-8-16(18)17-9-5-7-11-19(17)20/h4-11,20H,3,12-15H2,1-2H3,(H,26,31)(H,27,28)(H,29,30). The molecule has 2 aliphatic carbocycles. The molecular weight excluding hydrogens is 408 g/mol. The van der Waals surface area contributed by atoms with E-state index < -0.39 is 23.0 Å². The quantitative estimate of drug-likeness (QED) is 0.586. The second-order valence-corrected chi connectivity index (χ2v) is 8.90. The van der Waals surface area contributed by atoms with Crippen molar-refractivity contribution in [2.45, 2.75) is 44.6 Å². The Labute approximate surface area is 187 Å². The number of aliphatic carboxylic acids is 1. The molecule has 0 bridgehead atoms. The summed E-state index contributed by atoms with van der Waals surface area (Å²) in [6.45, 7) is 3.52. The molecular formula is C25H28N2O5. The lowest BCUT2D eigenvalue weighted by atomic mass is 9.96. The molecule has 3 N–H and O–H groups in total. The van der Waals surface area contributed by atoms with E-state index in [0.29, 0.717) is 12.8 Å². The molecule has 0 spiro atoms. The number of rotatable bonds is 8. The summed E-state index contributed by atoms with van der Waals surface area (Å²) in [5.74, 6) is -1.45. The summed E-state index contributed by atoms with van der Waals surface area (Å²) in [6.07, 6.45) is 0.885.